The van der Waals surface area contributed by atoms with Gasteiger partial charge >= 0.3 is 0 Å². The maximum absolute atomic E-state index is 4.16. The second kappa shape index (κ2) is 5.56. The van der Waals surface area contributed by atoms with Gasteiger partial charge in [0.25, 0.3) is 0 Å². The molecule has 1 aromatic heterocycles. The van der Waals surface area contributed by atoms with E-state index in [0.717, 1.165) is 37.1 Å². The summed E-state index contributed by atoms with van der Waals surface area (Å²) in [4.78, 5) is 2.33. The van der Waals surface area contributed by atoms with Crippen LogP contribution < -0.4 is 5.32 Å². The van der Waals surface area contributed by atoms with Crippen molar-refractivity contribution in [3.05, 3.63) is 23.0 Å². The number of rotatable bonds is 6. The van der Waals surface area contributed by atoms with Crippen molar-refractivity contribution in [2.45, 2.75) is 39.3 Å². The molecule has 4 heteroatoms. The van der Waals surface area contributed by atoms with E-state index >= 15 is 0 Å². The van der Waals surface area contributed by atoms with Gasteiger partial charge in [-0.25, -0.2) is 0 Å². The van der Waals surface area contributed by atoms with E-state index in [0.29, 0.717) is 0 Å². The highest BCUT2D eigenvalue weighted by molar-refractivity contribution is 5.19. The molecule has 1 heterocycles. The van der Waals surface area contributed by atoms with Crippen molar-refractivity contribution in [2.75, 3.05) is 20.1 Å². The molecular formula is C13H22N4. The van der Waals surface area contributed by atoms with Gasteiger partial charge in [-0.1, -0.05) is 0 Å². The van der Waals surface area contributed by atoms with Crippen LogP contribution in [0.4, 0.5) is 0 Å². The van der Waals surface area contributed by atoms with Crippen LogP contribution in [0.2, 0.25) is 0 Å². The van der Waals surface area contributed by atoms with Crippen molar-refractivity contribution >= 4 is 0 Å². The van der Waals surface area contributed by atoms with Gasteiger partial charge in [0.2, 0.25) is 0 Å². The van der Waals surface area contributed by atoms with Gasteiger partial charge in [0, 0.05) is 25.7 Å². The minimum absolute atomic E-state index is 0.801. The van der Waals surface area contributed by atoms with Gasteiger partial charge in [-0.2, -0.15) is 10.2 Å². The van der Waals surface area contributed by atoms with Crippen LogP contribution in [0.1, 0.15) is 29.8 Å². The molecule has 1 aromatic rings. The fourth-order valence-corrected chi connectivity index (χ4v) is 1.88. The summed E-state index contributed by atoms with van der Waals surface area (Å²) in [5, 5.41) is 11.7. The Labute approximate surface area is 103 Å². The molecule has 1 aliphatic rings. The van der Waals surface area contributed by atoms with E-state index in [-0.39, 0.29) is 0 Å². The third-order valence-corrected chi connectivity index (χ3v) is 3.15. The Morgan fingerprint density at radius 1 is 1.35 bits per heavy atom. The molecule has 0 atom stereocenters. The molecule has 4 nitrogen and oxygen atoms in total. The van der Waals surface area contributed by atoms with E-state index in [1.54, 1.807) is 0 Å². The molecule has 1 N–H and O–H groups in total. The molecule has 0 radical (unpaired) electrons. The predicted molar refractivity (Wildman–Crippen MR) is 68.9 cm³/mol. The SMILES string of the molecule is Cc1cc(CN(C)CCNC2CC2)c(C)nn1. The molecule has 2 rings (SSSR count). The van der Waals surface area contributed by atoms with E-state index in [9.17, 15) is 0 Å². The van der Waals surface area contributed by atoms with Crippen LogP contribution in [0.5, 0.6) is 0 Å². The molecule has 0 saturated heterocycles. The Balaban J connectivity index is 1.79. The molecule has 17 heavy (non-hydrogen) atoms. The van der Waals surface area contributed by atoms with E-state index in [2.05, 4.69) is 33.5 Å². The van der Waals surface area contributed by atoms with Gasteiger partial charge in [0.1, 0.15) is 0 Å². The van der Waals surface area contributed by atoms with E-state index < -0.39 is 0 Å². The number of likely N-dealkylation sites (N-methyl/N-ethyl adjacent to an activating group) is 1. The lowest BCUT2D eigenvalue weighted by Crippen LogP contribution is -2.30. The molecule has 0 bridgehead atoms. The first kappa shape index (κ1) is 12.5. The van der Waals surface area contributed by atoms with Gasteiger partial charge in [-0.05, 0) is 45.4 Å². The fraction of sp³-hybridized carbons (Fsp3) is 0.692. The highest BCUT2D eigenvalue weighted by Gasteiger charge is 2.19. The molecule has 0 aromatic carbocycles. The standard InChI is InChI=1S/C13H22N4/c1-10-8-12(11(2)16-15-10)9-17(3)7-6-14-13-4-5-13/h8,13-14H,4-7,9H2,1-3H3. The van der Waals surface area contributed by atoms with Crippen LogP contribution in [0.3, 0.4) is 0 Å². The summed E-state index contributed by atoms with van der Waals surface area (Å²) in [5.74, 6) is 0. The Morgan fingerprint density at radius 2 is 2.12 bits per heavy atom. The molecule has 0 spiro atoms. The van der Waals surface area contributed by atoms with E-state index in [1.165, 1.54) is 18.4 Å². The third kappa shape index (κ3) is 4.06. The molecule has 0 aliphatic heterocycles. The van der Waals surface area contributed by atoms with Gasteiger partial charge in [0.05, 0.1) is 11.4 Å². The summed E-state index contributed by atoms with van der Waals surface area (Å²) in [7, 11) is 2.16. The highest BCUT2D eigenvalue weighted by Crippen LogP contribution is 2.18. The lowest BCUT2D eigenvalue weighted by Gasteiger charge is -2.17. The number of nitrogens with zero attached hydrogens (tertiary/aromatic N) is 3. The number of nitrogens with one attached hydrogen (secondary N) is 1. The largest absolute Gasteiger partial charge is 0.313 e. The predicted octanol–water partition coefficient (Wildman–Crippen LogP) is 1.28. The molecule has 0 unspecified atom stereocenters. The first-order valence-corrected chi connectivity index (χ1v) is 6.37. The summed E-state index contributed by atoms with van der Waals surface area (Å²) < 4.78 is 0. The van der Waals surface area contributed by atoms with Gasteiger partial charge < -0.3 is 10.2 Å². The topological polar surface area (TPSA) is 41.0 Å². The molecular weight excluding hydrogens is 212 g/mol. The van der Waals surface area contributed by atoms with E-state index in [1.807, 2.05) is 13.8 Å². The van der Waals surface area contributed by atoms with Crippen molar-refractivity contribution in [2.24, 2.45) is 0 Å². The van der Waals surface area contributed by atoms with Crippen molar-refractivity contribution < 1.29 is 0 Å². The summed E-state index contributed by atoms with van der Waals surface area (Å²) in [6, 6.07) is 2.93. The quantitative estimate of drug-likeness (QED) is 0.805. The third-order valence-electron chi connectivity index (χ3n) is 3.15. The average Bonchev–Trinajstić information content (AvgIpc) is 3.07. The second-order valence-electron chi connectivity index (χ2n) is 5.06. The molecule has 94 valence electrons. The number of hydrogen-bond acceptors (Lipinski definition) is 4. The Morgan fingerprint density at radius 3 is 2.82 bits per heavy atom. The van der Waals surface area contributed by atoms with Gasteiger partial charge in [-0.3, -0.25) is 0 Å². The number of aryl methyl sites for hydroxylation is 2. The van der Waals surface area contributed by atoms with Crippen LogP contribution in [0.15, 0.2) is 6.07 Å². The zero-order chi connectivity index (χ0) is 12.3. The second-order valence-corrected chi connectivity index (χ2v) is 5.06. The van der Waals surface area contributed by atoms with Crippen LogP contribution in [0, 0.1) is 13.8 Å². The zero-order valence-electron chi connectivity index (χ0n) is 11.0. The summed E-state index contributed by atoms with van der Waals surface area (Å²) in [5.41, 5.74) is 3.32. The van der Waals surface area contributed by atoms with Crippen LogP contribution >= 0.6 is 0 Å². The minimum atomic E-state index is 0.801. The maximum Gasteiger partial charge on any atom is 0.0645 e. The maximum atomic E-state index is 4.16. The Bertz CT molecular complexity index is 374. The average molecular weight is 234 g/mol. The fourth-order valence-electron chi connectivity index (χ4n) is 1.88. The minimum Gasteiger partial charge on any atom is -0.313 e. The molecule has 1 saturated carbocycles. The summed E-state index contributed by atoms with van der Waals surface area (Å²) in [6.45, 7) is 7.13. The first-order chi connectivity index (χ1) is 8.15. The Hall–Kier alpha value is -1.00. The van der Waals surface area contributed by atoms with Gasteiger partial charge in [0.15, 0.2) is 0 Å². The molecule has 0 amide bonds. The molecule has 1 fully saturated rings. The highest BCUT2D eigenvalue weighted by atomic mass is 15.1. The van der Waals surface area contributed by atoms with Gasteiger partial charge in [-0.15, -0.1) is 0 Å². The van der Waals surface area contributed by atoms with Crippen molar-refractivity contribution in [3.63, 3.8) is 0 Å². The Kier molecular flexibility index (Phi) is 4.07. The number of hydrogen-bond donors (Lipinski definition) is 1. The lowest BCUT2D eigenvalue weighted by atomic mass is 10.2. The monoisotopic (exact) mass is 234 g/mol. The first-order valence-electron chi connectivity index (χ1n) is 6.37. The van der Waals surface area contributed by atoms with Crippen LogP contribution in [0.25, 0.3) is 0 Å². The summed E-state index contributed by atoms with van der Waals surface area (Å²) in [6.07, 6.45) is 2.71. The normalized spacial score (nSPS) is 15.5. The molecule has 1 aliphatic carbocycles. The van der Waals surface area contributed by atoms with E-state index in [4.69, 9.17) is 0 Å². The van der Waals surface area contributed by atoms with Crippen LogP contribution in [-0.4, -0.2) is 41.3 Å². The van der Waals surface area contributed by atoms with Crippen molar-refractivity contribution in [1.82, 2.24) is 20.4 Å². The summed E-state index contributed by atoms with van der Waals surface area (Å²) >= 11 is 0. The van der Waals surface area contributed by atoms with Crippen LogP contribution in [-0.2, 0) is 6.54 Å². The van der Waals surface area contributed by atoms with Crippen molar-refractivity contribution in [1.29, 1.82) is 0 Å². The lowest BCUT2D eigenvalue weighted by molar-refractivity contribution is 0.322. The zero-order valence-corrected chi connectivity index (χ0v) is 11.0. The van der Waals surface area contributed by atoms with Crippen molar-refractivity contribution in [3.8, 4) is 0 Å². The smallest absolute Gasteiger partial charge is 0.0645 e. The number of aromatic nitrogens is 2.